The molecule has 0 fully saturated rings. The number of esters is 1. The zero-order chi connectivity index (χ0) is 22.6. The number of hydrogen-bond donors (Lipinski definition) is 1. The third-order valence-corrected chi connectivity index (χ3v) is 4.63. The van der Waals surface area contributed by atoms with Gasteiger partial charge in [0.2, 0.25) is 5.91 Å². The highest BCUT2D eigenvalue weighted by Crippen LogP contribution is 2.17. The smallest absolute Gasteiger partial charge is 0.338 e. The standard InChI is InChI=1S/C27H27NO4/c1-2-3-17-31-27(30)23-12-8-13-24(19-23)28-26(29)16-15-21-11-7-14-25(18-21)32-20-22-9-5-4-6-10-22/h4-16,18-19H,2-3,17,20H2,1H3,(H,28,29)/b16-15+. The second-order valence-electron chi connectivity index (χ2n) is 7.24. The molecule has 3 aromatic carbocycles. The second-order valence-corrected chi connectivity index (χ2v) is 7.24. The highest BCUT2D eigenvalue weighted by Gasteiger charge is 2.08. The normalized spacial score (nSPS) is 10.7. The highest BCUT2D eigenvalue weighted by atomic mass is 16.5. The van der Waals surface area contributed by atoms with E-state index in [0.29, 0.717) is 24.5 Å². The van der Waals surface area contributed by atoms with E-state index in [1.807, 2.05) is 61.5 Å². The molecule has 1 N–H and O–H groups in total. The van der Waals surface area contributed by atoms with Gasteiger partial charge in [-0.2, -0.15) is 0 Å². The van der Waals surface area contributed by atoms with Crippen molar-refractivity contribution >= 4 is 23.6 Å². The number of carbonyl (C=O) groups is 2. The summed E-state index contributed by atoms with van der Waals surface area (Å²) in [6, 6.07) is 24.2. The van der Waals surface area contributed by atoms with Gasteiger partial charge in [0.25, 0.3) is 0 Å². The van der Waals surface area contributed by atoms with Crippen molar-refractivity contribution in [2.24, 2.45) is 0 Å². The summed E-state index contributed by atoms with van der Waals surface area (Å²) in [6.07, 6.45) is 4.94. The molecule has 0 radical (unpaired) electrons. The second kappa shape index (κ2) is 12.1. The summed E-state index contributed by atoms with van der Waals surface area (Å²) >= 11 is 0. The van der Waals surface area contributed by atoms with E-state index in [1.54, 1.807) is 30.3 Å². The van der Waals surface area contributed by atoms with Crippen LogP contribution >= 0.6 is 0 Å². The van der Waals surface area contributed by atoms with Gasteiger partial charge in [-0.25, -0.2) is 4.79 Å². The minimum Gasteiger partial charge on any atom is -0.489 e. The molecule has 0 aliphatic heterocycles. The fourth-order valence-corrected chi connectivity index (χ4v) is 2.92. The molecule has 0 unspecified atom stereocenters. The molecular formula is C27H27NO4. The Hall–Kier alpha value is -3.86. The van der Waals surface area contributed by atoms with E-state index in [-0.39, 0.29) is 5.91 Å². The maximum atomic E-state index is 12.3. The highest BCUT2D eigenvalue weighted by molar-refractivity contribution is 6.02. The number of benzene rings is 3. The zero-order valence-electron chi connectivity index (χ0n) is 18.1. The molecule has 0 spiro atoms. The minimum atomic E-state index is -0.391. The SMILES string of the molecule is CCCCOC(=O)c1cccc(NC(=O)/C=C/c2cccc(OCc3ccccc3)c2)c1. The van der Waals surface area contributed by atoms with Crippen molar-refractivity contribution in [3.8, 4) is 5.75 Å². The summed E-state index contributed by atoms with van der Waals surface area (Å²) < 4.78 is 11.0. The topological polar surface area (TPSA) is 64.6 Å². The Kier molecular flexibility index (Phi) is 8.63. The first-order valence-corrected chi connectivity index (χ1v) is 10.7. The van der Waals surface area contributed by atoms with Crippen LogP contribution in [0, 0.1) is 0 Å². The van der Waals surface area contributed by atoms with E-state index < -0.39 is 5.97 Å². The van der Waals surface area contributed by atoms with Gasteiger partial charge in [0.05, 0.1) is 12.2 Å². The van der Waals surface area contributed by atoms with Gasteiger partial charge in [0.15, 0.2) is 0 Å². The van der Waals surface area contributed by atoms with E-state index in [0.717, 1.165) is 29.7 Å². The summed E-state index contributed by atoms with van der Waals surface area (Å²) in [7, 11) is 0. The average molecular weight is 430 g/mol. The molecule has 0 atom stereocenters. The van der Waals surface area contributed by atoms with Crippen molar-refractivity contribution in [2.75, 3.05) is 11.9 Å². The molecule has 3 rings (SSSR count). The number of ether oxygens (including phenoxy) is 2. The van der Waals surface area contributed by atoms with Crippen LogP contribution in [-0.2, 0) is 16.1 Å². The van der Waals surface area contributed by atoms with Gasteiger partial charge >= 0.3 is 5.97 Å². The van der Waals surface area contributed by atoms with Gasteiger partial charge < -0.3 is 14.8 Å². The summed E-state index contributed by atoms with van der Waals surface area (Å²) in [6.45, 7) is 2.90. The van der Waals surface area contributed by atoms with Crippen molar-refractivity contribution in [3.63, 3.8) is 0 Å². The number of nitrogens with one attached hydrogen (secondary N) is 1. The average Bonchev–Trinajstić information content (AvgIpc) is 2.83. The van der Waals surface area contributed by atoms with Crippen LogP contribution in [0.25, 0.3) is 6.08 Å². The molecule has 3 aromatic rings. The number of amides is 1. The van der Waals surface area contributed by atoms with Gasteiger partial charge in [-0.1, -0.05) is 61.9 Å². The maximum Gasteiger partial charge on any atom is 0.338 e. The summed E-state index contributed by atoms with van der Waals surface area (Å²) in [5, 5.41) is 2.77. The van der Waals surface area contributed by atoms with Gasteiger partial charge in [-0.15, -0.1) is 0 Å². The number of carbonyl (C=O) groups excluding carboxylic acids is 2. The molecule has 0 aliphatic rings. The fraction of sp³-hybridized carbons (Fsp3) is 0.185. The summed E-state index contributed by atoms with van der Waals surface area (Å²) in [4.78, 5) is 24.4. The molecule has 0 saturated heterocycles. The number of anilines is 1. The summed E-state index contributed by atoms with van der Waals surface area (Å²) in [5.41, 5.74) is 2.87. The van der Waals surface area contributed by atoms with E-state index >= 15 is 0 Å². The molecule has 5 heteroatoms. The van der Waals surface area contributed by atoms with Gasteiger partial charge in [-0.3, -0.25) is 4.79 Å². The number of rotatable bonds is 10. The number of hydrogen-bond acceptors (Lipinski definition) is 4. The van der Waals surface area contributed by atoms with E-state index in [1.165, 1.54) is 6.08 Å². The largest absolute Gasteiger partial charge is 0.489 e. The van der Waals surface area contributed by atoms with Gasteiger partial charge in [0.1, 0.15) is 12.4 Å². The van der Waals surface area contributed by atoms with Crippen LogP contribution in [0.2, 0.25) is 0 Å². The lowest BCUT2D eigenvalue weighted by atomic mass is 10.2. The van der Waals surface area contributed by atoms with Crippen LogP contribution in [0.4, 0.5) is 5.69 Å². The van der Waals surface area contributed by atoms with Crippen molar-refractivity contribution in [1.82, 2.24) is 0 Å². The third kappa shape index (κ3) is 7.43. The maximum absolute atomic E-state index is 12.3. The van der Waals surface area contributed by atoms with Crippen LogP contribution in [0.15, 0.2) is 84.9 Å². The lowest BCUT2D eigenvalue weighted by Crippen LogP contribution is -2.10. The van der Waals surface area contributed by atoms with Crippen molar-refractivity contribution < 1.29 is 19.1 Å². The van der Waals surface area contributed by atoms with Gasteiger partial charge in [-0.05, 0) is 54.0 Å². The van der Waals surface area contributed by atoms with E-state index in [2.05, 4.69) is 5.32 Å². The Morgan fingerprint density at radius 3 is 2.56 bits per heavy atom. The molecule has 0 aliphatic carbocycles. The first-order valence-electron chi connectivity index (χ1n) is 10.7. The molecule has 1 amide bonds. The van der Waals surface area contributed by atoms with Crippen LogP contribution in [0.5, 0.6) is 5.75 Å². The first kappa shape index (κ1) is 22.8. The molecule has 32 heavy (non-hydrogen) atoms. The number of unbranched alkanes of at least 4 members (excludes halogenated alkanes) is 1. The van der Waals surface area contributed by atoms with Crippen LogP contribution in [0.1, 0.15) is 41.3 Å². The van der Waals surface area contributed by atoms with Crippen molar-refractivity contribution in [1.29, 1.82) is 0 Å². The van der Waals surface area contributed by atoms with E-state index in [9.17, 15) is 9.59 Å². The molecular weight excluding hydrogens is 402 g/mol. The lowest BCUT2D eigenvalue weighted by molar-refractivity contribution is -0.111. The monoisotopic (exact) mass is 429 g/mol. The zero-order valence-corrected chi connectivity index (χ0v) is 18.1. The van der Waals surface area contributed by atoms with Crippen molar-refractivity contribution in [3.05, 3.63) is 102 Å². The first-order chi connectivity index (χ1) is 15.6. The molecule has 5 nitrogen and oxygen atoms in total. The predicted octanol–water partition coefficient (Wildman–Crippen LogP) is 5.87. The quantitative estimate of drug-likeness (QED) is 0.248. The van der Waals surface area contributed by atoms with Gasteiger partial charge in [0, 0.05) is 11.8 Å². The lowest BCUT2D eigenvalue weighted by Gasteiger charge is -2.07. The molecule has 0 bridgehead atoms. The van der Waals surface area contributed by atoms with Crippen LogP contribution in [-0.4, -0.2) is 18.5 Å². The fourth-order valence-electron chi connectivity index (χ4n) is 2.92. The molecule has 0 saturated carbocycles. The molecule has 164 valence electrons. The predicted molar refractivity (Wildman–Crippen MR) is 127 cm³/mol. The minimum absolute atomic E-state index is 0.294. The Morgan fingerprint density at radius 1 is 0.938 bits per heavy atom. The Bertz CT molecular complexity index is 1060. The Morgan fingerprint density at radius 2 is 1.75 bits per heavy atom. The Labute approximate surface area is 188 Å². The summed E-state index contributed by atoms with van der Waals surface area (Å²) in [5.74, 6) is 0.0419. The van der Waals surface area contributed by atoms with E-state index in [4.69, 9.17) is 9.47 Å². The van der Waals surface area contributed by atoms with Crippen molar-refractivity contribution in [2.45, 2.75) is 26.4 Å². The third-order valence-electron chi connectivity index (χ3n) is 4.63. The molecule has 0 heterocycles. The molecule has 0 aromatic heterocycles. The van der Waals surface area contributed by atoms with Crippen LogP contribution < -0.4 is 10.1 Å². The van der Waals surface area contributed by atoms with Crippen LogP contribution in [0.3, 0.4) is 0 Å². The Balaban J connectivity index is 1.55.